The normalized spacial score (nSPS) is 14.7. The summed E-state index contributed by atoms with van der Waals surface area (Å²) < 4.78 is 0. The highest BCUT2D eigenvalue weighted by atomic mass is 35.5. The Bertz CT molecular complexity index is 708. The molecule has 108 valence electrons. The maximum absolute atomic E-state index is 11.4. The van der Waals surface area contributed by atoms with E-state index in [1.54, 1.807) is 0 Å². The van der Waals surface area contributed by atoms with Gasteiger partial charge in [-0.2, -0.15) is 0 Å². The van der Waals surface area contributed by atoms with Crippen LogP contribution < -0.4 is 5.32 Å². The van der Waals surface area contributed by atoms with E-state index in [0.717, 1.165) is 23.2 Å². The lowest BCUT2D eigenvalue weighted by atomic mass is 9.98. The molecule has 1 aliphatic rings. The molecule has 0 fully saturated rings. The average molecular weight is 300 g/mol. The lowest BCUT2D eigenvalue weighted by Crippen LogP contribution is -2.03. The minimum atomic E-state index is -0.0758. The molecule has 21 heavy (non-hydrogen) atoms. The molecule has 1 unspecified atom stereocenters. The Morgan fingerprint density at radius 1 is 1.14 bits per heavy atom. The molecule has 1 N–H and O–H groups in total. The van der Waals surface area contributed by atoms with Gasteiger partial charge in [-0.1, -0.05) is 30.3 Å². The summed E-state index contributed by atoms with van der Waals surface area (Å²) in [6.07, 6.45) is 1.25. The van der Waals surface area contributed by atoms with Gasteiger partial charge in [-0.25, -0.2) is 0 Å². The Balaban J connectivity index is 1.79. The zero-order valence-corrected chi connectivity index (χ0v) is 13.0. The number of halogens is 1. The first kappa shape index (κ1) is 14.2. The highest BCUT2D eigenvalue weighted by Crippen LogP contribution is 2.31. The van der Waals surface area contributed by atoms with Crippen molar-refractivity contribution in [1.82, 2.24) is 0 Å². The minimum absolute atomic E-state index is 0.0578. The fraction of sp³-hybridized carbons (Fsp3) is 0.278. The second-order valence-corrected chi connectivity index (χ2v) is 6.26. The summed E-state index contributed by atoms with van der Waals surface area (Å²) in [6, 6.07) is 12.5. The standard InChI is InChI=1S/C18H18ClNO/c1-11-3-4-13(7-12(11)2)8-16(19)14-5-6-17-15(9-14)10-18(21)20-17/h3-7,9,16H,8,10H2,1-2H3,(H,20,21). The van der Waals surface area contributed by atoms with Crippen molar-refractivity contribution in [3.63, 3.8) is 0 Å². The predicted molar refractivity (Wildman–Crippen MR) is 87.0 cm³/mol. The molecule has 2 nitrogen and oxygen atoms in total. The summed E-state index contributed by atoms with van der Waals surface area (Å²) in [4.78, 5) is 11.4. The molecule has 0 bridgehead atoms. The number of fused-ring (bicyclic) bond motifs is 1. The van der Waals surface area contributed by atoms with Gasteiger partial charge >= 0.3 is 0 Å². The molecule has 1 atom stereocenters. The van der Waals surface area contributed by atoms with Crippen LogP contribution in [0.15, 0.2) is 36.4 Å². The minimum Gasteiger partial charge on any atom is -0.326 e. The van der Waals surface area contributed by atoms with Crippen LogP contribution in [0.2, 0.25) is 0 Å². The number of aryl methyl sites for hydroxylation is 2. The second kappa shape index (κ2) is 5.53. The Hall–Kier alpha value is -1.80. The molecule has 0 aromatic heterocycles. The number of carbonyl (C=O) groups excluding carboxylic acids is 1. The van der Waals surface area contributed by atoms with E-state index in [1.807, 2.05) is 18.2 Å². The van der Waals surface area contributed by atoms with Gasteiger partial charge in [-0.15, -0.1) is 11.6 Å². The first-order valence-electron chi connectivity index (χ1n) is 7.16. The number of alkyl halides is 1. The van der Waals surface area contributed by atoms with E-state index in [4.69, 9.17) is 11.6 Å². The number of amides is 1. The first-order valence-corrected chi connectivity index (χ1v) is 7.59. The Morgan fingerprint density at radius 2 is 1.95 bits per heavy atom. The number of carbonyl (C=O) groups is 1. The van der Waals surface area contributed by atoms with Gasteiger partial charge in [-0.05, 0) is 54.2 Å². The third-order valence-corrected chi connectivity index (χ3v) is 4.51. The Labute approximate surface area is 130 Å². The van der Waals surface area contributed by atoms with Gasteiger partial charge in [0.2, 0.25) is 5.91 Å². The van der Waals surface area contributed by atoms with Crippen molar-refractivity contribution >= 4 is 23.2 Å². The highest BCUT2D eigenvalue weighted by Gasteiger charge is 2.19. The van der Waals surface area contributed by atoms with E-state index >= 15 is 0 Å². The largest absolute Gasteiger partial charge is 0.326 e. The van der Waals surface area contributed by atoms with Crippen LogP contribution in [0.25, 0.3) is 0 Å². The molecular formula is C18H18ClNO. The van der Waals surface area contributed by atoms with Gasteiger partial charge in [0.15, 0.2) is 0 Å². The molecule has 1 aliphatic heterocycles. The summed E-state index contributed by atoms with van der Waals surface area (Å²) in [7, 11) is 0. The van der Waals surface area contributed by atoms with Gasteiger partial charge in [0.1, 0.15) is 0 Å². The van der Waals surface area contributed by atoms with Gasteiger partial charge in [0.05, 0.1) is 11.8 Å². The zero-order chi connectivity index (χ0) is 15.0. The lowest BCUT2D eigenvalue weighted by Gasteiger charge is -2.12. The Morgan fingerprint density at radius 3 is 2.71 bits per heavy atom. The van der Waals surface area contributed by atoms with E-state index in [0.29, 0.717) is 6.42 Å². The van der Waals surface area contributed by atoms with E-state index < -0.39 is 0 Å². The van der Waals surface area contributed by atoms with Gasteiger partial charge in [-0.3, -0.25) is 4.79 Å². The summed E-state index contributed by atoms with van der Waals surface area (Å²) >= 11 is 6.57. The second-order valence-electron chi connectivity index (χ2n) is 5.73. The van der Waals surface area contributed by atoms with Crippen molar-refractivity contribution in [3.8, 4) is 0 Å². The van der Waals surface area contributed by atoms with Crippen LogP contribution in [-0.4, -0.2) is 5.91 Å². The molecule has 0 spiro atoms. The number of hydrogen-bond donors (Lipinski definition) is 1. The van der Waals surface area contributed by atoms with E-state index in [9.17, 15) is 4.79 Å². The molecule has 2 aromatic rings. The number of rotatable bonds is 3. The summed E-state index contributed by atoms with van der Waals surface area (Å²) in [5, 5.41) is 2.77. The molecular weight excluding hydrogens is 282 g/mol. The van der Waals surface area contributed by atoms with Crippen LogP contribution in [0.4, 0.5) is 5.69 Å². The van der Waals surface area contributed by atoms with Gasteiger partial charge in [0, 0.05) is 5.69 Å². The van der Waals surface area contributed by atoms with Crippen LogP contribution in [0.5, 0.6) is 0 Å². The molecule has 1 heterocycles. The third-order valence-electron chi connectivity index (χ3n) is 4.10. The van der Waals surface area contributed by atoms with Crippen LogP contribution in [0, 0.1) is 13.8 Å². The van der Waals surface area contributed by atoms with E-state index in [2.05, 4.69) is 37.4 Å². The summed E-state index contributed by atoms with van der Waals surface area (Å²) in [5.41, 5.74) is 6.87. The van der Waals surface area contributed by atoms with Crippen molar-refractivity contribution in [1.29, 1.82) is 0 Å². The fourth-order valence-corrected chi connectivity index (χ4v) is 3.01. The van der Waals surface area contributed by atoms with Crippen molar-refractivity contribution < 1.29 is 4.79 Å². The number of hydrogen-bond acceptors (Lipinski definition) is 1. The molecule has 3 heteroatoms. The first-order chi connectivity index (χ1) is 10.0. The molecule has 0 saturated heterocycles. The molecule has 2 aromatic carbocycles. The maximum Gasteiger partial charge on any atom is 0.228 e. The van der Waals surface area contributed by atoms with Crippen molar-refractivity contribution in [2.75, 3.05) is 5.32 Å². The SMILES string of the molecule is Cc1ccc(CC(Cl)c2ccc3c(c2)CC(=O)N3)cc1C. The van der Waals surface area contributed by atoms with Crippen molar-refractivity contribution in [2.45, 2.75) is 32.1 Å². The van der Waals surface area contributed by atoms with Crippen LogP contribution >= 0.6 is 11.6 Å². The summed E-state index contributed by atoms with van der Waals surface area (Å²) in [5.74, 6) is 0.0578. The summed E-state index contributed by atoms with van der Waals surface area (Å²) in [6.45, 7) is 4.23. The Kier molecular flexibility index (Phi) is 3.73. The predicted octanol–water partition coefficient (Wildman–Crippen LogP) is 4.32. The molecule has 3 rings (SSSR count). The highest BCUT2D eigenvalue weighted by molar-refractivity contribution is 6.21. The number of anilines is 1. The third kappa shape index (κ3) is 2.96. The van der Waals surface area contributed by atoms with Crippen LogP contribution in [0.1, 0.15) is 33.2 Å². The molecule has 0 saturated carbocycles. The van der Waals surface area contributed by atoms with Gasteiger partial charge in [0.25, 0.3) is 0 Å². The van der Waals surface area contributed by atoms with Crippen LogP contribution in [-0.2, 0) is 17.6 Å². The monoisotopic (exact) mass is 299 g/mol. The lowest BCUT2D eigenvalue weighted by molar-refractivity contribution is -0.115. The fourth-order valence-electron chi connectivity index (χ4n) is 2.70. The number of nitrogens with one attached hydrogen (secondary N) is 1. The smallest absolute Gasteiger partial charge is 0.228 e. The van der Waals surface area contributed by atoms with E-state index in [-0.39, 0.29) is 11.3 Å². The van der Waals surface area contributed by atoms with Crippen molar-refractivity contribution in [2.24, 2.45) is 0 Å². The molecule has 0 aliphatic carbocycles. The topological polar surface area (TPSA) is 29.1 Å². The maximum atomic E-state index is 11.4. The van der Waals surface area contributed by atoms with Crippen LogP contribution in [0.3, 0.4) is 0 Å². The molecule has 1 amide bonds. The van der Waals surface area contributed by atoms with Crippen molar-refractivity contribution in [3.05, 3.63) is 64.2 Å². The molecule has 0 radical (unpaired) electrons. The van der Waals surface area contributed by atoms with E-state index in [1.165, 1.54) is 16.7 Å². The average Bonchev–Trinajstić information content (AvgIpc) is 2.82. The quantitative estimate of drug-likeness (QED) is 0.840. The van der Waals surface area contributed by atoms with Gasteiger partial charge < -0.3 is 5.32 Å². The zero-order valence-electron chi connectivity index (χ0n) is 12.2. The number of benzene rings is 2.